The van der Waals surface area contributed by atoms with Crippen LogP contribution in [0.15, 0.2) is 54.6 Å². The van der Waals surface area contributed by atoms with Crippen LogP contribution < -0.4 is 5.32 Å². The van der Waals surface area contributed by atoms with Crippen molar-refractivity contribution in [1.82, 2.24) is 5.32 Å². The number of ketones is 1. The van der Waals surface area contributed by atoms with E-state index in [4.69, 9.17) is 4.74 Å². The molecule has 0 spiro atoms. The molecule has 29 heavy (non-hydrogen) atoms. The molecule has 2 N–H and O–H groups in total. The first-order valence-corrected chi connectivity index (χ1v) is 10.0. The van der Waals surface area contributed by atoms with Gasteiger partial charge in [-0.15, -0.1) is 0 Å². The molecule has 1 aliphatic carbocycles. The number of benzene rings is 2. The number of hydrogen-bond donors (Lipinski definition) is 2. The summed E-state index contributed by atoms with van der Waals surface area (Å²) in [5, 5.41) is 12.8. The van der Waals surface area contributed by atoms with Gasteiger partial charge in [0.15, 0.2) is 0 Å². The van der Waals surface area contributed by atoms with Crippen LogP contribution in [-0.4, -0.2) is 29.2 Å². The summed E-state index contributed by atoms with van der Waals surface area (Å²) in [6, 6.07) is 17.0. The summed E-state index contributed by atoms with van der Waals surface area (Å²) in [7, 11) is 0. The molecule has 0 saturated heterocycles. The van der Waals surface area contributed by atoms with Crippen molar-refractivity contribution in [2.24, 2.45) is 5.92 Å². The van der Waals surface area contributed by atoms with E-state index in [1.807, 2.05) is 75.4 Å². The van der Waals surface area contributed by atoms with Crippen LogP contribution in [0.2, 0.25) is 0 Å². The third-order valence-corrected chi connectivity index (χ3v) is 5.25. The number of alkyl carbamates (subject to hydrolysis) is 1. The average molecular weight is 395 g/mol. The zero-order valence-electron chi connectivity index (χ0n) is 17.2. The Hall–Kier alpha value is -2.66. The maximum Gasteiger partial charge on any atom is 0.408 e. The number of nitrogens with one attached hydrogen (secondary N) is 1. The van der Waals surface area contributed by atoms with Crippen LogP contribution in [0.1, 0.15) is 55.8 Å². The number of aliphatic hydroxyl groups is 1. The van der Waals surface area contributed by atoms with Gasteiger partial charge in [-0.25, -0.2) is 4.79 Å². The van der Waals surface area contributed by atoms with Gasteiger partial charge >= 0.3 is 6.09 Å². The highest BCUT2D eigenvalue weighted by atomic mass is 16.6. The van der Waals surface area contributed by atoms with E-state index < -0.39 is 17.6 Å². The van der Waals surface area contributed by atoms with Crippen molar-refractivity contribution in [3.8, 4) is 0 Å². The third-order valence-electron chi connectivity index (χ3n) is 5.25. The minimum Gasteiger partial charge on any atom is -0.444 e. The summed E-state index contributed by atoms with van der Waals surface area (Å²) in [5.74, 6) is -0.653. The monoisotopic (exact) mass is 395 g/mol. The maximum atomic E-state index is 13.0. The number of hydrogen-bond acceptors (Lipinski definition) is 4. The summed E-state index contributed by atoms with van der Waals surface area (Å²) in [5.41, 5.74) is 2.37. The molecule has 1 unspecified atom stereocenters. The largest absolute Gasteiger partial charge is 0.444 e. The Morgan fingerprint density at radius 1 is 1.10 bits per heavy atom. The molecule has 0 saturated carbocycles. The molecule has 1 amide bonds. The molecule has 2 aromatic rings. The highest BCUT2D eigenvalue weighted by molar-refractivity contribution is 5.86. The molecule has 154 valence electrons. The van der Waals surface area contributed by atoms with Crippen LogP contribution >= 0.6 is 0 Å². The lowest BCUT2D eigenvalue weighted by Crippen LogP contribution is -2.37. The molecule has 0 aliphatic heterocycles. The number of carbonyl (C=O) groups is 2. The molecular formula is C24H29NO4. The van der Waals surface area contributed by atoms with E-state index in [1.165, 1.54) is 0 Å². The summed E-state index contributed by atoms with van der Waals surface area (Å²) in [6.45, 7) is 5.23. The molecule has 1 aliphatic rings. The maximum absolute atomic E-state index is 13.0. The third kappa shape index (κ3) is 5.24. The number of carbonyl (C=O) groups excluding carboxylic acids is 2. The standard InChI is InChI=1S/C24H29NO4/c1-24(2,3)29-23(28)25-22-18(13-17-11-7-8-12-19(17)22)14-21(27)20(15-26)16-9-5-4-6-10-16/h4-12,18,20,22,26H,13-15H2,1-3H3,(H,25,28)/t18-,20?,22-/m1/s1. The summed E-state index contributed by atoms with van der Waals surface area (Å²) in [6.07, 6.45) is 0.489. The van der Waals surface area contributed by atoms with Crippen molar-refractivity contribution in [3.05, 3.63) is 71.3 Å². The minimum absolute atomic E-state index is 0.0208. The Morgan fingerprint density at radius 3 is 2.41 bits per heavy atom. The Morgan fingerprint density at radius 2 is 1.76 bits per heavy atom. The van der Waals surface area contributed by atoms with Gasteiger partial charge in [0, 0.05) is 6.42 Å². The van der Waals surface area contributed by atoms with Crippen molar-refractivity contribution in [2.45, 2.75) is 51.2 Å². The SMILES string of the molecule is CC(C)(C)OC(=O)N[C@H]1c2ccccc2C[C@@H]1CC(=O)C(CO)c1ccccc1. The number of amides is 1. The molecule has 0 heterocycles. The fourth-order valence-corrected chi connectivity index (χ4v) is 3.98. The Kier molecular flexibility index (Phi) is 6.38. The predicted octanol–water partition coefficient (Wildman–Crippen LogP) is 4.16. The summed E-state index contributed by atoms with van der Waals surface area (Å²) >= 11 is 0. The average Bonchev–Trinajstić information content (AvgIpc) is 2.99. The van der Waals surface area contributed by atoms with Crippen molar-refractivity contribution >= 4 is 11.9 Å². The smallest absolute Gasteiger partial charge is 0.408 e. The summed E-state index contributed by atoms with van der Waals surface area (Å²) < 4.78 is 5.43. The van der Waals surface area contributed by atoms with E-state index in [2.05, 4.69) is 5.32 Å². The minimum atomic E-state index is -0.594. The van der Waals surface area contributed by atoms with E-state index in [9.17, 15) is 14.7 Å². The molecular weight excluding hydrogens is 366 g/mol. The normalized spacial score (nSPS) is 19.3. The Balaban J connectivity index is 1.78. The van der Waals surface area contributed by atoms with Crippen LogP contribution in [0.25, 0.3) is 0 Å². The van der Waals surface area contributed by atoms with Gasteiger partial charge in [-0.05, 0) is 49.8 Å². The van der Waals surface area contributed by atoms with E-state index in [-0.39, 0.29) is 30.8 Å². The van der Waals surface area contributed by atoms with E-state index in [0.717, 1.165) is 16.7 Å². The first-order chi connectivity index (χ1) is 13.8. The number of Topliss-reactive ketones (excluding diaryl/α,β-unsaturated/α-hetero) is 1. The zero-order chi connectivity index (χ0) is 21.0. The van der Waals surface area contributed by atoms with Gasteiger partial charge in [0.05, 0.1) is 18.6 Å². The van der Waals surface area contributed by atoms with Crippen molar-refractivity contribution in [3.63, 3.8) is 0 Å². The van der Waals surface area contributed by atoms with Crippen molar-refractivity contribution in [1.29, 1.82) is 0 Å². The van der Waals surface area contributed by atoms with Crippen molar-refractivity contribution < 1.29 is 19.4 Å². The van der Waals surface area contributed by atoms with E-state index in [1.54, 1.807) is 0 Å². The highest BCUT2D eigenvalue weighted by Crippen LogP contribution is 2.39. The molecule has 5 heteroatoms. The van der Waals surface area contributed by atoms with Gasteiger partial charge < -0.3 is 15.2 Å². The quantitative estimate of drug-likeness (QED) is 0.770. The van der Waals surface area contributed by atoms with E-state index >= 15 is 0 Å². The molecule has 0 aromatic heterocycles. The lowest BCUT2D eigenvalue weighted by atomic mass is 9.87. The van der Waals surface area contributed by atoms with Crippen molar-refractivity contribution in [2.75, 3.05) is 6.61 Å². The molecule has 3 atom stereocenters. The topological polar surface area (TPSA) is 75.6 Å². The van der Waals surface area contributed by atoms with Gasteiger partial charge in [0.2, 0.25) is 0 Å². The summed E-state index contributed by atoms with van der Waals surface area (Å²) in [4.78, 5) is 25.4. The Bertz CT molecular complexity index is 857. The molecule has 0 bridgehead atoms. The molecule has 0 fully saturated rings. The van der Waals surface area contributed by atoms with Gasteiger partial charge in [0.1, 0.15) is 11.4 Å². The lowest BCUT2D eigenvalue weighted by Gasteiger charge is -2.26. The lowest BCUT2D eigenvalue weighted by molar-refractivity contribution is -0.122. The molecule has 0 radical (unpaired) electrons. The predicted molar refractivity (Wildman–Crippen MR) is 112 cm³/mol. The molecule has 2 aromatic carbocycles. The number of aliphatic hydroxyl groups excluding tert-OH is 1. The first-order valence-electron chi connectivity index (χ1n) is 10.0. The van der Waals surface area contributed by atoms with Crippen LogP contribution in [0.5, 0.6) is 0 Å². The van der Waals surface area contributed by atoms with Crippen LogP contribution in [0, 0.1) is 5.92 Å². The molecule has 5 nitrogen and oxygen atoms in total. The second-order valence-corrected chi connectivity index (χ2v) is 8.60. The first kappa shape index (κ1) is 21.1. The van der Waals surface area contributed by atoms with Crippen LogP contribution in [0.3, 0.4) is 0 Å². The van der Waals surface area contributed by atoms with Gasteiger partial charge in [-0.1, -0.05) is 54.6 Å². The van der Waals surface area contributed by atoms with Crippen LogP contribution in [0.4, 0.5) is 4.79 Å². The molecule has 3 rings (SSSR count). The second kappa shape index (κ2) is 8.78. The van der Waals surface area contributed by atoms with Gasteiger partial charge in [-0.3, -0.25) is 4.79 Å². The fraction of sp³-hybridized carbons (Fsp3) is 0.417. The van der Waals surface area contributed by atoms with Gasteiger partial charge in [-0.2, -0.15) is 0 Å². The highest BCUT2D eigenvalue weighted by Gasteiger charge is 2.37. The number of rotatable bonds is 6. The fourth-order valence-electron chi connectivity index (χ4n) is 3.98. The number of fused-ring (bicyclic) bond motifs is 1. The van der Waals surface area contributed by atoms with Gasteiger partial charge in [0.25, 0.3) is 0 Å². The van der Waals surface area contributed by atoms with E-state index in [0.29, 0.717) is 6.42 Å². The number of ether oxygens (including phenoxy) is 1. The Labute approximate surface area is 172 Å². The van der Waals surface area contributed by atoms with Crippen LogP contribution in [-0.2, 0) is 16.0 Å². The second-order valence-electron chi connectivity index (χ2n) is 8.60. The zero-order valence-corrected chi connectivity index (χ0v) is 17.2.